The number of halogens is 3. The number of hydrogen-bond donors (Lipinski definition) is 1. The lowest BCUT2D eigenvalue weighted by Gasteiger charge is -2.35. The van der Waals surface area contributed by atoms with Crippen molar-refractivity contribution in [1.29, 1.82) is 0 Å². The van der Waals surface area contributed by atoms with E-state index in [1.54, 1.807) is 36.4 Å². The minimum atomic E-state index is -4.32. The molecular formula is C35H36Cl3N3O5S. The summed E-state index contributed by atoms with van der Waals surface area (Å²) in [7, 11) is -2.84. The summed E-state index contributed by atoms with van der Waals surface area (Å²) < 4.78 is 34.6. The maximum Gasteiger partial charge on any atom is 0.264 e. The second-order valence-corrected chi connectivity index (χ2v) is 15.0. The highest BCUT2D eigenvalue weighted by Crippen LogP contribution is 2.29. The van der Waals surface area contributed by atoms with Crippen LogP contribution in [0, 0.1) is 0 Å². The van der Waals surface area contributed by atoms with Crippen molar-refractivity contribution in [3.8, 4) is 5.75 Å². The standard InChI is InChI=1S/C35H36Cl3N3O5S/c1-35(2,3)39-34(43)32(19-24-9-6-5-7-10-24)40(22-25-13-14-27(37)21-31(25)38)33(42)23-41(28-12-8-11-26(36)20-28)47(44,45)30-17-15-29(46-4)16-18-30/h5-18,20-21,32H,19,22-23H2,1-4H3,(H,39,43)/t32-/m1/s1. The van der Waals surface area contributed by atoms with Crippen LogP contribution in [0.15, 0.2) is 102 Å². The molecule has 1 N–H and O–H groups in total. The van der Waals surface area contributed by atoms with E-state index in [2.05, 4.69) is 5.32 Å². The Hall–Kier alpha value is -3.76. The molecule has 0 aliphatic rings. The third kappa shape index (κ3) is 9.64. The first-order chi connectivity index (χ1) is 22.2. The lowest BCUT2D eigenvalue weighted by atomic mass is 10.0. The van der Waals surface area contributed by atoms with Gasteiger partial charge in [-0.25, -0.2) is 8.42 Å². The minimum absolute atomic E-state index is 0.0651. The third-order valence-electron chi connectivity index (χ3n) is 7.15. The molecule has 12 heteroatoms. The summed E-state index contributed by atoms with van der Waals surface area (Å²) >= 11 is 19.0. The van der Waals surface area contributed by atoms with E-state index in [0.717, 1.165) is 9.87 Å². The van der Waals surface area contributed by atoms with Crippen molar-refractivity contribution in [3.63, 3.8) is 0 Å². The van der Waals surface area contributed by atoms with Gasteiger partial charge in [0.2, 0.25) is 11.8 Å². The predicted octanol–water partition coefficient (Wildman–Crippen LogP) is 7.41. The van der Waals surface area contributed by atoms with Crippen LogP contribution >= 0.6 is 34.8 Å². The number of ether oxygens (including phenoxy) is 1. The number of methoxy groups -OCH3 is 1. The first-order valence-corrected chi connectivity index (χ1v) is 17.3. The van der Waals surface area contributed by atoms with E-state index in [0.29, 0.717) is 21.4 Å². The van der Waals surface area contributed by atoms with Gasteiger partial charge >= 0.3 is 0 Å². The van der Waals surface area contributed by atoms with Gasteiger partial charge in [0, 0.05) is 33.6 Å². The molecule has 0 aromatic heterocycles. The van der Waals surface area contributed by atoms with Crippen molar-refractivity contribution in [2.45, 2.75) is 50.2 Å². The fourth-order valence-corrected chi connectivity index (χ4v) is 6.93. The molecule has 4 aromatic carbocycles. The Morgan fingerprint density at radius 3 is 2.11 bits per heavy atom. The summed E-state index contributed by atoms with van der Waals surface area (Å²) in [6, 6.07) is 25.2. The van der Waals surface area contributed by atoms with Crippen LogP contribution in [0.5, 0.6) is 5.75 Å². The molecule has 0 unspecified atom stereocenters. The Kier molecular flexibility index (Phi) is 11.8. The van der Waals surface area contributed by atoms with Crippen LogP contribution in [0.4, 0.5) is 5.69 Å². The van der Waals surface area contributed by atoms with Gasteiger partial charge < -0.3 is 15.0 Å². The van der Waals surface area contributed by atoms with Gasteiger partial charge in [-0.2, -0.15) is 0 Å². The van der Waals surface area contributed by atoms with Crippen molar-refractivity contribution < 1.29 is 22.7 Å². The Labute approximate surface area is 291 Å². The highest BCUT2D eigenvalue weighted by Gasteiger charge is 2.36. The number of carbonyl (C=O) groups is 2. The molecule has 0 aliphatic heterocycles. The fourth-order valence-electron chi connectivity index (χ4n) is 4.88. The van der Waals surface area contributed by atoms with Gasteiger partial charge in [-0.15, -0.1) is 0 Å². The first-order valence-electron chi connectivity index (χ1n) is 14.7. The number of rotatable bonds is 12. The Morgan fingerprint density at radius 1 is 0.851 bits per heavy atom. The summed E-state index contributed by atoms with van der Waals surface area (Å²) in [5.74, 6) is -0.584. The molecule has 2 amide bonds. The maximum atomic E-state index is 14.6. The summed E-state index contributed by atoms with van der Waals surface area (Å²) in [5.41, 5.74) is 0.880. The summed E-state index contributed by atoms with van der Waals surface area (Å²) in [4.78, 5) is 29.9. The number of carbonyl (C=O) groups excluding carboxylic acids is 2. The zero-order chi connectivity index (χ0) is 34.4. The van der Waals surface area contributed by atoms with E-state index in [9.17, 15) is 18.0 Å². The zero-order valence-corrected chi connectivity index (χ0v) is 29.5. The molecule has 0 fully saturated rings. The summed E-state index contributed by atoms with van der Waals surface area (Å²) in [5, 5.41) is 3.97. The number of hydrogen-bond acceptors (Lipinski definition) is 5. The molecule has 0 bridgehead atoms. The number of nitrogens with zero attached hydrogens (tertiary/aromatic N) is 2. The van der Waals surface area contributed by atoms with Crippen molar-refractivity contribution in [3.05, 3.63) is 123 Å². The monoisotopic (exact) mass is 715 g/mol. The molecule has 0 saturated heterocycles. The van der Waals surface area contributed by atoms with Crippen LogP contribution in [-0.2, 0) is 32.6 Å². The molecule has 248 valence electrons. The van der Waals surface area contributed by atoms with Crippen LogP contribution in [0.1, 0.15) is 31.9 Å². The molecule has 0 spiro atoms. The van der Waals surface area contributed by atoms with Gasteiger partial charge in [-0.05, 0) is 86.5 Å². The number of anilines is 1. The van der Waals surface area contributed by atoms with Crippen LogP contribution in [0.3, 0.4) is 0 Å². The van der Waals surface area contributed by atoms with E-state index < -0.39 is 40.0 Å². The van der Waals surface area contributed by atoms with Gasteiger partial charge in [0.05, 0.1) is 17.7 Å². The SMILES string of the molecule is COc1ccc(S(=O)(=O)N(CC(=O)N(Cc2ccc(Cl)cc2Cl)[C@H](Cc2ccccc2)C(=O)NC(C)(C)C)c2cccc(Cl)c2)cc1. The molecular weight excluding hydrogens is 681 g/mol. The zero-order valence-electron chi connectivity index (χ0n) is 26.4. The van der Waals surface area contributed by atoms with Crippen molar-refractivity contribution in [1.82, 2.24) is 10.2 Å². The van der Waals surface area contributed by atoms with E-state index in [-0.39, 0.29) is 28.6 Å². The highest BCUT2D eigenvalue weighted by atomic mass is 35.5. The molecule has 8 nitrogen and oxygen atoms in total. The summed E-state index contributed by atoms with van der Waals surface area (Å²) in [6.07, 6.45) is 0.155. The second kappa shape index (κ2) is 15.4. The number of amides is 2. The van der Waals surface area contributed by atoms with Crippen LogP contribution in [-0.4, -0.2) is 50.4 Å². The average molecular weight is 717 g/mol. The molecule has 0 saturated carbocycles. The Morgan fingerprint density at radius 2 is 1.51 bits per heavy atom. The van der Waals surface area contributed by atoms with Crippen molar-refractivity contribution in [2.24, 2.45) is 0 Å². The van der Waals surface area contributed by atoms with E-state index in [4.69, 9.17) is 39.5 Å². The molecule has 0 aliphatic carbocycles. The van der Waals surface area contributed by atoms with E-state index in [1.165, 1.54) is 42.3 Å². The normalized spacial score (nSPS) is 12.2. The number of benzene rings is 4. The predicted molar refractivity (Wildman–Crippen MR) is 188 cm³/mol. The molecule has 4 rings (SSSR count). The van der Waals surface area contributed by atoms with Crippen LogP contribution < -0.4 is 14.4 Å². The molecule has 47 heavy (non-hydrogen) atoms. The maximum absolute atomic E-state index is 14.6. The smallest absolute Gasteiger partial charge is 0.264 e. The largest absolute Gasteiger partial charge is 0.497 e. The first kappa shape index (κ1) is 36.1. The molecule has 0 radical (unpaired) electrons. The Bertz CT molecular complexity index is 1810. The molecule has 4 aromatic rings. The number of nitrogens with one attached hydrogen (secondary N) is 1. The minimum Gasteiger partial charge on any atom is -0.497 e. The van der Waals surface area contributed by atoms with Crippen molar-refractivity contribution >= 4 is 62.3 Å². The lowest BCUT2D eigenvalue weighted by molar-refractivity contribution is -0.140. The third-order valence-corrected chi connectivity index (χ3v) is 9.76. The van der Waals surface area contributed by atoms with Crippen molar-refractivity contribution in [2.75, 3.05) is 18.0 Å². The summed E-state index contributed by atoms with van der Waals surface area (Å²) in [6.45, 7) is 4.78. The Balaban J connectivity index is 1.84. The average Bonchev–Trinajstić information content (AvgIpc) is 3.02. The van der Waals surface area contributed by atoms with Gasteiger partial charge in [-0.1, -0.05) is 77.3 Å². The lowest BCUT2D eigenvalue weighted by Crippen LogP contribution is -2.56. The van der Waals surface area contributed by atoms with Crippen LogP contribution in [0.2, 0.25) is 15.1 Å². The van der Waals surface area contributed by atoms with Crippen LogP contribution in [0.25, 0.3) is 0 Å². The van der Waals surface area contributed by atoms with E-state index in [1.807, 2.05) is 51.1 Å². The second-order valence-electron chi connectivity index (χ2n) is 11.9. The molecule has 0 heterocycles. The molecule has 1 atom stereocenters. The quantitative estimate of drug-likeness (QED) is 0.165. The fraction of sp³-hybridized carbons (Fsp3) is 0.257. The topological polar surface area (TPSA) is 96.0 Å². The van der Waals surface area contributed by atoms with Gasteiger partial charge in [0.1, 0.15) is 18.3 Å². The highest BCUT2D eigenvalue weighted by molar-refractivity contribution is 7.92. The van der Waals surface area contributed by atoms with Gasteiger partial charge in [0.25, 0.3) is 10.0 Å². The van der Waals surface area contributed by atoms with E-state index >= 15 is 0 Å². The van der Waals surface area contributed by atoms with Gasteiger partial charge in [-0.3, -0.25) is 13.9 Å². The number of sulfonamides is 1. The van der Waals surface area contributed by atoms with Gasteiger partial charge in [0.15, 0.2) is 0 Å².